The lowest BCUT2D eigenvalue weighted by Crippen LogP contribution is -2.02. The molecule has 2 aromatic heterocycles. The van der Waals surface area contributed by atoms with Crippen LogP contribution in [0.5, 0.6) is 5.88 Å². The number of methoxy groups -OCH3 is 1. The van der Waals surface area contributed by atoms with Crippen LogP contribution in [0.3, 0.4) is 0 Å². The minimum atomic E-state index is -0.901. The van der Waals surface area contributed by atoms with Gasteiger partial charge in [-0.3, -0.25) is 0 Å². The fraction of sp³-hybridized carbons (Fsp3) is 0.143. The van der Waals surface area contributed by atoms with Crippen molar-refractivity contribution in [2.75, 3.05) is 7.11 Å². The number of benzene rings is 1. The number of pyridine rings is 1. The smallest absolute Gasteiger partial charge is 0.218 e. The molecule has 102 valence electrons. The highest BCUT2D eigenvalue weighted by Crippen LogP contribution is 2.21. The summed E-state index contributed by atoms with van der Waals surface area (Å²) >= 11 is 0. The van der Waals surface area contributed by atoms with E-state index >= 15 is 0 Å². The van der Waals surface area contributed by atoms with Gasteiger partial charge >= 0.3 is 0 Å². The first kappa shape index (κ1) is 12.5. The Hall–Kier alpha value is -2.50. The van der Waals surface area contributed by atoms with Gasteiger partial charge in [0.15, 0.2) is 11.6 Å². The number of ether oxygens (including phenoxy) is 1. The Bertz CT molecular complexity index is 770. The van der Waals surface area contributed by atoms with Crippen molar-refractivity contribution in [3.8, 4) is 5.88 Å². The fourth-order valence-electron chi connectivity index (χ4n) is 2.09. The van der Waals surface area contributed by atoms with E-state index in [1.807, 2.05) is 6.07 Å². The topological polar surface area (TPSA) is 39.9 Å². The van der Waals surface area contributed by atoms with Gasteiger partial charge in [-0.05, 0) is 6.07 Å². The number of aromatic nitrogens is 3. The Balaban J connectivity index is 2.05. The van der Waals surface area contributed by atoms with Gasteiger partial charge in [-0.2, -0.15) is 0 Å². The predicted molar refractivity (Wildman–Crippen MR) is 69.5 cm³/mol. The van der Waals surface area contributed by atoms with Crippen molar-refractivity contribution in [3.05, 3.63) is 54.0 Å². The van der Waals surface area contributed by atoms with E-state index in [0.717, 1.165) is 17.7 Å². The maximum Gasteiger partial charge on any atom is 0.218 e. The van der Waals surface area contributed by atoms with Crippen LogP contribution in [0.15, 0.2) is 36.8 Å². The Kier molecular flexibility index (Phi) is 3.06. The molecular weight excluding hydrogens is 264 g/mol. The molecule has 0 N–H and O–H groups in total. The molecular formula is C14H11F2N3O. The third-order valence-corrected chi connectivity index (χ3v) is 3.05. The molecule has 0 aliphatic carbocycles. The number of rotatable bonds is 3. The first-order chi connectivity index (χ1) is 9.69. The molecule has 3 aromatic rings. The van der Waals surface area contributed by atoms with Gasteiger partial charge in [-0.15, -0.1) is 0 Å². The first-order valence-electron chi connectivity index (χ1n) is 5.97. The van der Waals surface area contributed by atoms with Gasteiger partial charge in [0.05, 0.1) is 31.0 Å². The molecule has 20 heavy (non-hydrogen) atoms. The van der Waals surface area contributed by atoms with Gasteiger partial charge in [0.25, 0.3) is 0 Å². The number of hydrogen-bond acceptors (Lipinski definition) is 3. The average Bonchev–Trinajstić information content (AvgIpc) is 2.82. The molecule has 0 saturated heterocycles. The lowest BCUT2D eigenvalue weighted by molar-refractivity contribution is 0.391. The summed E-state index contributed by atoms with van der Waals surface area (Å²) < 4.78 is 33.4. The van der Waals surface area contributed by atoms with Crippen molar-refractivity contribution in [2.24, 2.45) is 0 Å². The van der Waals surface area contributed by atoms with Crippen LogP contribution in [0.25, 0.3) is 11.0 Å². The monoisotopic (exact) mass is 275 g/mol. The third-order valence-electron chi connectivity index (χ3n) is 3.05. The molecule has 0 fully saturated rings. The minimum Gasteiger partial charge on any atom is -0.481 e. The van der Waals surface area contributed by atoms with Crippen molar-refractivity contribution in [1.29, 1.82) is 0 Å². The van der Waals surface area contributed by atoms with Crippen LogP contribution < -0.4 is 4.74 Å². The van der Waals surface area contributed by atoms with Crippen LogP contribution in [0.1, 0.15) is 5.56 Å². The Labute approximate surface area is 113 Å². The van der Waals surface area contributed by atoms with Crippen molar-refractivity contribution < 1.29 is 13.5 Å². The minimum absolute atomic E-state index is 0.409. The number of hydrogen-bond donors (Lipinski definition) is 0. The van der Waals surface area contributed by atoms with Gasteiger partial charge in [0.1, 0.15) is 0 Å². The molecule has 0 saturated carbocycles. The van der Waals surface area contributed by atoms with Crippen LogP contribution >= 0.6 is 0 Å². The second-order valence-corrected chi connectivity index (χ2v) is 4.30. The molecule has 0 unspecified atom stereocenters. The summed E-state index contributed by atoms with van der Waals surface area (Å²) in [5.41, 5.74) is 1.76. The van der Waals surface area contributed by atoms with Gasteiger partial charge < -0.3 is 9.30 Å². The van der Waals surface area contributed by atoms with E-state index in [1.54, 1.807) is 16.8 Å². The van der Waals surface area contributed by atoms with Crippen LogP contribution in [0, 0.1) is 11.6 Å². The highest BCUT2D eigenvalue weighted by atomic mass is 19.2. The van der Waals surface area contributed by atoms with E-state index in [9.17, 15) is 8.78 Å². The van der Waals surface area contributed by atoms with Crippen molar-refractivity contribution in [2.45, 2.75) is 6.54 Å². The van der Waals surface area contributed by atoms with E-state index in [2.05, 4.69) is 9.97 Å². The molecule has 0 aliphatic heterocycles. The Morgan fingerprint density at radius 3 is 2.80 bits per heavy atom. The lowest BCUT2D eigenvalue weighted by atomic mass is 10.2. The lowest BCUT2D eigenvalue weighted by Gasteiger charge is -2.08. The van der Waals surface area contributed by atoms with E-state index in [1.165, 1.54) is 13.4 Å². The third kappa shape index (κ3) is 2.09. The van der Waals surface area contributed by atoms with E-state index in [-0.39, 0.29) is 0 Å². The number of nitrogens with zero attached hydrogens (tertiary/aromatic N) is 3. The molecule has 0 atom stereocenters. The molecule has 0 bridgehead atoms. The normalized spacial score (nSPS) is 10.9. The van der Waals surface area contributed by atoms with E-state index in [0.29, 0.717) is 23.5 Å². The average molecular weight is 275 g/mol. The molecule has 0 spiro atoms. The van der Waals surface area contributed by atoms with Crippen LogP contribution in [0.4, 0.5) is 8.78 Å². The molecule has 2 heterocycles. The largest absolute Gasteiger partial charge is 0.481 e. The molecule has 6 heteroatoms. The Morgan fingerprint density at radius 2 is 2.00 bits per heavy atom. The second kappa shape index (κ2) is 4.88. The van der Waals surface area contributed by atoms with Gasteiger partial charge in [0, 0.05) is 23.9 Å². The molecule has 4 nitrogen and oxygen atoms in total. The summed E-state index contributed by atoms with van der Waals surface area (Å²) in [6.07, 6.45) is 3.17. The zero-order valence-corrected chi connectivity index (χ0v) is 10.7. The summed E-state index contributed by atoms with van der Waals surface area (Å²) in [5, 5.41) is 0. The predicted octanol–water partition coefficient (Wildman–Crippen LogP) is 2.77. The highest BCUT2D eigenvalue weighted by Gasteiger charge is 2.11. The molecule has 1 aromatic carbocycles. The van der Waals surface area contributed by atoms with Crippen molar-refractivity contribution in [1.82, 2.24) is 14.5 Å². The summed E-state index contributed by atoms with van der Waals surface area (Å²) in [6.45, 7) is 0.415. The summed E-state index contributed by atoms with van der Waals surface area (Å²) in [7, 11) is 1.53. The maximum atomic E-state index is 13.3. The number of fused-ring (bicyclic) bond motifs is 1. The fourth-order valence-corrected chi connectivity index (χ4v) is 2.09. The van der Waals surface area contributed by atoms with Crippen molar-refractivity contribution in [3.63, 3.8) is 0 Å². The second-order valence-electron chi connectivity index (χ2n) is 4.30. The highest BCUT2D eigenvalue weighted by molar-refractivity contribution is 5.75. The Morgan fingerprint density at radius 1 is 1.20 bits per heavy atom. The summed E-state index contributed by atoms with van der Waals surface area (Å²) in [4.78, 5) is 8.17. The van der Waals surface area contributed by atoms with E-state index < -0.39 is 11.6 Å². The van der Waals surface area contributed by atoms with Crippen LogP contribution in [0.2, 0.25) is 0 Å². The van der Waals surface area contributed by atoms with E-state index in [4.69, 9.17) is 4.74 Å². The zero-order chi connectivity index (χ0) is 14.1. The standard InChI is InChI=1S/C14H11F2N3O/c1-20-14-9(3-2-4-17-14)7-19-8-18-12-5-10(15)11(16)6-13(12)19/h2-6,8H,7H2,1H3. The molecule has 0 aliphatic rings. The maximum absolute atomic E-state index is 13.3. The van der Waals surface area contributed by atoms with Gasteiger partial charge in [-0.25, -0.2) is 18.7 Å². The molecule has 3 rings (SSSR count). The van der Waals surface area contributed by atoms with Crippen molar-refractivity contribution >= 4 is 11.0 Å². The summed E-state index contributed by atoms with van der Waals surface area (Å²) in [6, 6.07) is 5.87. The van der Waals surface area contributed by atoms with Crippen LogP contribution in [-0.4, -0.2) is 21.6 Å². The number of imidazole rings is 1. The quantitative estimate of drug-likeness (QED) is 0.738. The first-order valence-corrected chi connectivity index (χ1v) is 5.97. The van der Waals surface area contributed by atoms with Gasteiger partial charge in [-0.1, -0.05) is 6.07 Å². The zero-order valence-electron chi connectivity index (χ0n) is 10.7. The number of halogens is 2. The molecule has 0 radical (unpaired) electrons. The SMILES string of the molecule is COc1ncccc1Cn1cnc2cc(F)c(F)cc21. The van der Waals surface area contributed by atoms with Gasteiger partial charge in [0.2, 0.25) is 5.88 Å². The summed E-state index contributed by atoms with van der Waals surface area (Å²) in [5.74, 6) is -1.30. The molecule has 0 amide bonds. The van der Waals surface area contributed by atoms with Crippen LogP contribution in [-0.2, 0) is 6.54 Å².